The number of aliphatic hydroxyl groups is 2. The molecule has 0 aliphatic heterocycles. The summed E-state index contributed by atoms with van der Waals surface area (Å²) in [6.07, 6.45) is 10.9. The molecule has 1 aliphatic carbocycles. The summed E-state index contributed by atoms with van der Waals surface area (Å²) in [6.45, 7) is 0. The van der Waals surface area contributed by atoms with Crippen molar-refractivity contribution in [3.05, 3.63) is 57.6 Å². The molecule has 4 heteroatoms. The molecule has 2 nitrogen and oxygen atoms in total. The van der Waals surface area contributed by atoms with Crippen molar-refractivity contribution in [2.24, 2.45) is 0 Å². The van der Waals surface area contributed by atoms with Crippen LogP contribution in [0.2, 0.25) is 0 Å². The first-order chi connectivity index (χ1) is 10.4. The third kappa shape index (κ3) is 1.73. The summed E-state index contributed by atoms with van der Waals surface area (Å²) in [4.78, 5) is 0. The molecule has 22 heavy (non-hydrogen) atoms. The van der Waals surface area contributed by atoms with Gasteiger partial charge in [-0.05, 0) is 22.9 Å². The number of hydrogen-bond acceptors (Lipinski definition) is 2. The van der Waals surface area contributed by atoms with E-state index in [4.69, 9.17) is 36.0 Å². The van der Waals surface area contributed by atoms with Gasteiger partial charge >= 0.3 is 0 Å². The van der Waals surface area contributed by atoms with Crippen molar-refractivity contribution >= 4 is 34.0 Å². The van der Waals surface area contributed by atoms with Crippen molar-refractivity contribution in [3.8, 4) is 24.7 Å². The molecule has 0 saturated heterocycles. The number of benzene rings is 2. The van der Waals surface area contributed by atoms with Gasteiger partial charge in [0.1, 0.15) is 0 Å². The van der Waals surface area contributed by atoms with E-state index in [0.29, 0.717) is 0 Å². The van der Waals surface area contributed by atoms with E-state index in [-0.39, 0.29) is 21.2 Å². The Kier molecular flexibility index (Phi) is 3.25. The molecule has 0 unspecified atom stereocenters. The van der Waals surface area contributed by atoms with Crippen molar-refractivity contribution in [1.82, 2.24) is 0 Å². The molecule has 0 spiro atoms. The highest BCUT2D eigenvalue weighted by Gasteiger charge is 2.49. The Hall–Kier alpha value is -1.94. The molecule has 0 radical (unpaired) electrons. The minimum absolute atomic E-state index is 0.253. The number of hydrogen-bond donors (Lipinski definition) is 2. The van der Waals surface area contributed by atoms with Crippen LogP contribution in [-0.4, -0.2) is 10.2 Å². The molecule has 108 valence electrons. The summed E-state index contributed by atoms with van der Waals surface area (Å²) in [5, 5.41) is 22.7. The first kappa shape index (κ1) is 15.0. The van der Waals surface area contributed by atoms with Crippen molar-refractivity contribution in [2.45, 2.75) is 11.2 Å². The van der Waals surface area contributed by atoms with Crippen LogP contribution >= 0.6 is 23.2 Å². The molecule has 3 rings (SSSR count). The smallest absolute Gasteiger partial charge is 0.189 e. The lowest BCUT2D eigenvalue weighted by atomic mass is 9.75. The third-order valence-electron chi connectivity index (χ3n) is 3.91. The van der Waals surface area contributed by atoms with Gasteiger partial charge < -0.3 is 10.2 Å². The van der Waals surface area contributed by atoms with E-state index in [2.05, 4.69) is 11.8 Å². The molecule has 2 N–H and O–H groups in total. The molecule has 0 amide bonds. The average Bonchev–Trinajstić information content (AvgIpc) is 2.56. The number of fused-ring (bicyclic) bond motifs is 2. The van der Waals surface area contributed by atoms with E-state index in [1.807, 2.05) is 24.3 Å². The molecule has 2 aromatic carbocycles. The maximum absolute atomic E-state index is 10.8. The van der Waals surface area contributed by atoms with Crippen molar-refractivity contribution < 1.29 is 10.2 Å². The largest absolute Gasteiger partial charge is 0.369 e. The van der Waals surface area contributed by atoms with Crippen LogP contribution in [0, 0.1) is 24.7 Å². The van der Waals surface area contributed by atoms with Gasteiger partial charge in [0.05, 0.1) is 10.1 Å². The van der Waals surface area contributed by atoms with Crippen LogP contribution in [-0.2, 0) is 11.2 Å². The standard InChI is InChI=1S/C18H10Cl2O2/c1-3-17(21)13-9-11-7-5-6-8-12(11)10-14(13)18(22,4-2)16(20)15(17)19/h1-2,5-10,21-22H/t17-,18-/m1/s1. The normalized spacial score (nSPS) is 27.2. The molecule has 2 aromatic rings. The molecule has 0 bridgehead atoms. The highest BCUT2D eigenvalue weighted by atomic mass is 35.5. The highest BCUT2D eigenvalue weighted by molar-refractivity contribution is 6.41. The highest BCUT2D eigenvalue weighted by Crippen LogP contribution is 2.50. The summed E-state index contributed by atoms with van der Waals surface area (Å²) in [5.74, 6) is 4.49. The van der Waals surface area contributed by atoms with E-state index in [1.165, 1.54) is 0 Å². The van der Waals surface area contributed by atoms with Gasteiger partial charge in [0.2, 0.25) is 0 Å². The van der Waals surface area contributed by atoms with Crippen molar-refractivity contribution in [3.63, 3.8) is 0 Å². The second-order valence-electron chi connectivity index (χ2n) is 5.08. The zero-order valence-corrected chi connectivity index (χ0v) is 12.8. The lowest BCUT2D eigenvalue weighted by Gasteiger charge is -2.37. The quantitative estimate of drug-likeness (QED) is 0.729. The molecule has 2 atom stereocenters. The lowest BCUT2D eigenvalue weighted by Crippen LogP contribution is -2.39. The van der Waals surface area contributed by atoms with Gasteiger partial charge in [-0.15, -0.1) is 12.8 Å². The number of halogens is 2. The summed E-state index contributed by atoms with van der Waals surface area (Å²) in [6, 6.07) is 10.7. The molecular weight excluding hydrogens is 319 g/mol. The van der Waals surface area contributed by atoms with E-state index in [0.717, 1.165) is 10.8 Å². The van der Waals surface area contributed by atoms with Gasteiger partial charge in [-0.25, -0.2) is 0 Å². The van der Waals surface area contributed by atoms with E-state index in [9.17, 15) is 10.2 Å². The van der Waals surface area contributed by atoms with Crippen LogP contribution in [0.25, 0.3) is 10.8 Å². The average molecular weight is 329 g/mol. The van der Waals surface area contributed by atoms with Gasteiger partial charge in [-0.1, -0.05) is 59.3 Å². The lowest BCUT2D eigenvalue weighted by molar-refractivity contribution is 0.103. The van der Waals surface area contributed by atoms with E-state index in [1.54, 1.807) is 12.1 Å². The second kappa shape index (κ2) is 4.78. The predicted octanol–water partition coefficient (Wildman–Crippen LogP) is 3.18. The Morgan fingerprint density at radius 1 is 0.818 bits per heavy atom. The van der Waals surface area contributed by atoms with Crippen LogP contribution < -0.4 is 0 Å². The first-order valence-electron chi connectivity index (χ1n) is 6.38. The summed E-state index contributed by atoms with van der Waals surface area (Å²) in [5.41, 5.74) is -3.35. The van der Waals surface area contributed by atoms with Gasteiger partial charge in [-0.2, -0.15) is 0 Å². The minimum Gasteiger partial charge on any atom is -0.369 e. The van der Waals surface area contributed by atoms with Gasteiger partial charge in [0.15, 0.2) is 11.2 Å². The van der Waals surface area contributed by atoms with Crippen molar-refractivity contribution in [1.29, 1.82) is 0 Å². The monoisotopic (exact) mass is 328 g/mol. The Morgan fingerprint density at radius 3 is 1.50 bits per heavy atom. The van der Waals surface area contributed by atoms with Crippen LogP contribution in [0.4, 0.5) is 0 Å². The topological polar surface area (TPSA) is 40.5 Å². The number of rotatable bonds is 0. The second-order valence-corrected chi connectivity index (χ2v) is 5.84. The van der Waals surface area contributed by atoms with Crippen LogP contribution in [0.5, 0.6) is 0 Å². The zero-order chi connectivity index (χ0) is 16.1. The Balaban J connectivity index is 2.51. The molecule has 1 aliphatic rings. The first-order valence-corrected chi connectivity index (χ1v) is 7.14. The maximum atomic E-state index is 10.8. The number of terminal acetylenes is 2. The van der Waals surface area contributed by atoms with Crippen LogP contribution in [0.15, 0.2) is 46.5 Å². The fourth-order valence-electron chi connectivity index (χ4n) is 2.68. The van der Waals surface area contributed by atoms with Gasteiger partial charge in [0, 0.05) is 11.1 Å². The Morgan fingerprint density at radius 2 is 1.18 bits per heavy atom. The Labute approximate surface area is 138 Å². The fraction of sp³-hybridized carbons (Fsp3) is 0.111. The molecular formula is C18H10Cl2O2. The summed E-state index contributed by atoms with van der Waals surface area (Å²) >= 11 is 12.2. The third-order valence-corrected chi connectivity index (χ3v) is 4.93. The fourth-order valence-corrected chi connectivity index (χ4v) is 3.26. The molecule has 0 fully saturated rings. The maximum Gasteiger partial charge on any atom is 0.189 e. The Bertz CT molecular complexity index is 842. The molecule has 0 heterocycles. The van der Waals surface area contributed by atoms with Crippen LogP contribution in [0.1, 0.15) is 11.1 Å². The van der Waals surface area contributed by atoms with E-state index < -0.39 is 11.2 Å². The summed E-state index contributed by atoms with van der Waals surface area (Å²) in [7, 11) is 0. The van der Waals surface area contributed by atoms with E-state index >= 15 is 0 Å². The van der Waals surface area contributed by atoms with Gasteiger partial charge in [0.25, 0.3) is 0 Å². The molecule has 0 aromatic heterocycles. The SMILES string of the molecule is C#C[C@]1(O)C(Cl)=C(Cl)[C@@](O)(C#C)c2cc3ccccc3cc21. The van der Waals surface area contributed by atoms with Gasteiger partial charge in [-0.3, -0.25) is 0 Å². The minimum atomic E-state index is -1.93. The zero-order valence-electron chi connectivity index (χ0n) is 11.3. The predicted molar refractivity (Wildman–Crippen MR) is 88.1 cm³/mol. The molecule has 0 saturated carbocycles. The van der Waals surface area contributed by atoms with Crippen LogP contribution in [0.3, 0.4) is 0 Å². The van der Waals surface area contributed by atoms with Crippen molar-refractivity contribution in [2.75, 3.05) is 0 Å². The summed E-state index contributed by atoms with van der Waals surface area (Å²) < 4.78 is 0.